The molecule has 0 saturated carbocycles. The highest BCUT2D eigenvalue weighted by atomic mass is 16.5. The Morgan fingerprint density at radius 3 is 2.00 bits per heavy atom. The highest BCUT2D eigenvalue weighted by Gasteiger charge is 2.15. The number of ether oxygens (including phenoxy) is 1. The van der Waals surface area contributed by atoms with Crippen molar-refractivity contribution in [3.63, 3.8) is 0 Å². The summed E-state index contributed by atoms with van der Waals surface area (Å²) in [7, 11) is 4.46. The van der Waals surface area contributed by atoms with Crippen LogP contribution in [-0.2, 0) is 4.74 Å². The van der Waals surface area contributed by atoms with Crippen molar-refractivity contribution in [2.45, 2.75) is 33.3 Å². The first-order valence-corrected chi connectivity index (χ1v) is 4.73. The Balaban J connectivity index is 3.57. The molecule has 0 atom stereocenters. The zero-order chi connectivity index (χ0) is 9.83. The molecule has 0 fully saturated rings. The van der Waals surface area contributed by atoms with Gasteiger partial charge in [-0.1, -0.05) is 0 Å². The minimum atomic E-state index is 0.00768. The second-order valence-corrected chi connectivity index (χ2v) is 4.94. The molecule has 0 radical (unpaired) electrons. The first-order valence-electron chi connectivity index (χ1n) is 4.73. The number of likely N-dealkylation sites (N-methyl/N-ethyl adjacent to an activating group) is 1. The average molecular weight is 174 g/mol. The third-order valence-electron chi connectivity index (χ3n) is 2.09. The van der Waals surface area contributed by atoms with Crippen LogP contribution in [0.3, 0.4) is 0 Å². The van der Waals surface area contributed by atoms with Crippen molar-refractivity contribution in [1.82, 2.24) is 0 Å². The molecular weight excluding hydrogens is 150 g/mol. The maximum absolute atomic E-state index is 5.65. The average Bonchev–Trinajstić information content (AvgIpc) is 1.84. The Kier molecular flexibility index (Phi) is 4.21. The van der Waals surface area contributed by atoms with Crippen molar-refractivity contribution in [2.24, 2.45) is 0 Å². The Bertz CT molecular complexity index is 124. The minimum Gasteiger partial charge on any atom is -0.370 e. The Morgan fingerprint density at radius 2 is 1.67 bits per heavy atom. The van der Waals surface area contributed by atoms with Crippen LogP contribution in [-0.4, -0.2) is 43.9 Å². The van der Waals surface area contributed by atoms with Gasteiger partial charge in [-0.15, -0.1) is 0 Å². The lowest BCUT2D eigenvalue weighted by molar-refractivity contribution is -0.889. The van der Waals surface area contributed by atoms with E-state index in [2.05, 4.69) is 41.8 Å². The summed E-state index contributed by atoms with van der Waals surface area (Å²) < 4.78 is 6.69. The molecule has 0 spiro atoms. The van der Waals surface area contributed by atoms with Gasteiger partial charge in [-0.25, -0.2) is 0 Å². The first-order chi connectivity index (χ1) is 5.27. The lowest BCUT2D eigenvalue weighted by Crippen LogP contribution is -2.42. The van der Waals surface area contributed by atoms with Gasteiger partial charge in [0.25, 0.3) is 0 Å². The van der Waals surface area contributed by atoms with Gasteiger partial charge in [0.1, 0.15) is 6.54 Å². The lowest BCUT2D eigenvalue weighted by atomic mass is 10.2. The number of quaternary nitrogens is 1. The molecule has 0 saturated heterocycles. The lowest BCUT2D eigenvalue weighted by Gasteiger charge is -2.29. The molecule has 0 heterocycles. The van der Waals surface area contributed by atoms with Crippen LogP contribution in [0.1, 0.15) is 27.7 Å². The van der Waals surface area contributed by atoms with Crippen LogP contribution in [0.15, 0.2) is 0 Å². The van der Waals surface area contributed by atoms with Crippen molar-refractivity contribution < 1.29 is 9.22 Å². The molecule has 74 valence electrons. The van der Waals surface area contributed by atoms with E-state index in [9.17, 15) is 0 Å². The van der Waals surface area contributed by atoms with Crippen molar-refractivity contribution in [3.05, 3.63) is 0 Å². The van der Waals surface area contributed by atoms with Crippen molar-refractivity contribution >= 4 is 0 Å². The Morgan fingerprint density at radius 1 is 1.17 bits per heavy atom. The van der Waals surface area contributed by atoms with E-state index in [1.54, 1.807) is 0 Å². The molecule has 0 unspecified atom stereocenters. The number of hydrogen-bond donors (Lipinski definition) is 0. The molecule has 0 N–H and O–H groups in total. The molecule has 2 nitrogen and oxygen atoms in total. The van der Waals surface area contributed by atoms with Gasteiger partial charge < -0.3 is 9.22 Å². The van der Waals surface area contributed by atoms with Gasteiger partial charge in [0, 0.05) is 0 Å². The van der Waals surface area contributed by atoms with E-state index in [1.165, 1.54) is 0 Å². The first kappa shape index (κ1) is 11.9. The molecular formula is C10H24NO+. The highest BCUT2D eigenvalue weighted by molar-refractivity contribution is 4.57. The Hall–Kier alpha value is -0.0800. The van der Waals surface area contributed by atoms with Crippen LogP contribution in [0.2, 0.25) is 0 Å². The monoisotopic (exact) mass is 174 g/mol. The van der Waals surface area contributed by atoms with E-state index in [-0.39, 0.29) is 5.60 Å². The van der Waals surface area contributed by atoms with Gasteiger partial charge >= 0.3 is 0 Å². The van der Waals surface area contributed by atoms with E-state index in [0.29, 0.717) is 0 Å². The maximum atomic E-state index is 5.65. The molecule has 0 aliphatic carbocycles. The van der Waals surface area contributed by atoms with Crippen LogP contribution in [0.25, 0.3) is 0 Å². The third kappa shape index (κ3) is 6.62. The van der Waals surface area contributed by atoms with Gasteiger partial charge in [-0.2, -0.15) is 0 Å². The topological polar surface area (TPSA) is 9.23 Å². The van der Waals surface area contributed by atoms with Crippen molar-refractivity contribution in [2.75, 3.05) is 33.8 Å². The second kappa shape index (κ2) is 4.24. The molecule has 0 amide bonds. The summed E-state index contributed by atoms with van der Waals surface area (Å²) in [5.74, 6) is 0. The van der Waals surface area contributed by atoms with E-state index < -0.39 is 0 Å². The molecule has 0 rings (SSSR count). The molecule has 0 aromatic heterocycles. The summed E-state index contributed by atoms with van der Waals surface area (Å²) in [6.45, 7) is 11.6. The number of hydrogen-bond acceptors (Lipinski definition) is 1. The molecule has 0 bridgehead atoms. The van der Waals surface area contributed by atoms with Crippen molar-refractivity contribution in [1.29, 1.82) is 0 Å². The van der Waals surface area contributed by atoms with E-state index in [4.69, 9.17) is 4.74 Å². The van der Waals surface area contributed by atoms with Gasteiger partial charge in [0.15, 0.2) is 0 Å². The summed E-state index contributed by atoms with van der Waals surface area (Å²) >= 11 is 0. The van der Waals surface area contributed by atoms with Gasteiger partial charge in [0.05, 0.1) is 32.8 Å². The maximum Gasteiger partial charge on any atom is 0.102 e. The van der Waals surface area contributed by atoms with Crippen LogP contribution in [0.5, 0.6) is 0 Å². The fraction of sp³-hybridized carbons (Fsp3) is 1.00. The SMILES string of the molecule is CC[N+](C)(C)CCOC(C)(C)C. The normalized spacial score (nSPS) is 13.5. The predicted octanol–water partition coefficient (Wildman–Crippen LogP) is 1.90. The van der Waals surface area contributed by atoms with Gasteiger partial charge in [-0.05, 0) is 27.7 Å². The molecule has 0 aromatic carbocycles. The molecule has 0 aromatic rings. The number of rotatable bonds is 4. The van der Waals surface area contributed by atoms with Crippen LogP contribution >= 0.6 is 0 Å². The molecule has 2 heteroatoms. The van der Waals surface area contributed by atoms with E-state index in [1.807, 2.05) is 0 Å². The fourth-order valence-corrected chi connectivity index (χ4v) is 0.757. The number of nitrogens with zero attached hydrogens (tertiary/aromatic N) is 1. The smallest absolute Gasteiger partial charge is 0.102 e. The predicted molar refractivity (Wildman–Crippen MR) is 53.2 cm³/mol. The quantitative estimate of drug-likeness (QED) is 0.591. The summed E-state index contributed by atoms with van der Waals surface area (Å²) in [6, 6.07) is 0. The molecule has 0 aliphatic rings. The van der Waals surface area contributed by atoms with E-state index in [0.717, 1.165) is 24.2 Å². The fourth-order valence-electron chi connectivity index (χ4n) is 0.757. The summed E-state index contributed by atoms with van der Waals surface area (Å²) in [4.78, 5) is 0. The zero-order valence-corrected chi connectivity index (χ0v) is 9.48. The highest BCUT2D eigenvalue weighted by Crippen LogP contribution is 2.07. The van der Waals surface area contributed by atoms with Crippen molar-refractivity contribution in [3.8, 4) is 0 Å². The summed E-state index contributed by atoms with van der Waals surface area (Å²) in [6.07, 6.45) is 0. The van der Waals surface area contributed by atoms with Gasteiger partial charge in [0.2, 0.25) is 0 Å². The molecule has 12 heavy (non-hydrogen) atoms. The van der Waals surface area contributed by atoms with E-state index >= 15 is 0 Å². The molecule has 0 aliphatic heterocycles. The third-order valence-corrected chi connectivity index (χ3v) is 2.09. The second-order valence-electron chi connectivity index (χ2n) is 4.94. The summed E-state index contributed by atoms with van der Waals surface area (Å²) in [5, 5.41) is 0. The summed E-state index contributed by atoms with van der Waals surface area (Å²) in [5.41, 5.74) is 0.00768. The van der Waals surface area contributed by atoms with Crippen LogP contribution in [0, 0.1) is 0 Å². The largest absolute Gasteiger partial charge is 0.370 e. The van der Waals surface area contributed by atoms with Crippen LogP contribution in [0.4, 0.5) is 0 Å². The standard InChI is InChI=1S/C10H24NO/c1-7-11(5,6)8-9-12-10(2,3)4/h7-9H2,1-6H3/q+1. The van der Waals surface area contributed by atoms with Gasteiger partial charge in [-0.3, -0.25) is 0 Å². The minimum absolute atomic E-state index is 0.00768. The Labute approximate surface area is 77.1 Å². The van der Waals surface area contributed by atoms with Crippen LogP contribution < -0.4 is 0 Å². The zero-order valence-electron chi connectivity index (χ0n) is 9.48.